The normalized spacial score (nSPS) is 10.6. The van der Waals surface area contributed by atoms with Crippen LogP contribution in [0.4, 0.5) is 11.4 Å². The summed E-state index contributed by atoms with van der Waals surface area (Å²) in [5.74, 6) is 0. The average molecular weight is 235 g/mol. The van der Waals surface area contributed by atoms with E-state index in [1.165, 1.54) is 0 Å². The molecule has 1 aromatic carbocycles. The molecule has 0 spiro atoms. The Hall–Kier alpha value is -1.42. The van der Waals surface area contributed by atoms with Crippen molar-refractivity contribution in [1.82, 2.24) is 4.90 Å². The quantitative estimate of drug-likeness (QED) is 0.682. The Morgan fingerprint density at radius 1 is 1.06 bits per heavy atom. The van der Waals surface area contributed by atoms with E-state index in [0.29, 0.717) is 5.69 Å². The van der Waals surface area contributed by atoms with Gasteiger partial charge in [0.05, 0.1) is 0 Å². The first-order valence-corrected chi connectivity index (χ1v) is 6.08. The first-order valence-electron chi connectivity index (χ1n) is 6.08. The van der Waals surface area contributed by atoms with Crippen LogP contribution in [-0.2, 0) is 0 Å². The fourth-order valence-corrected chi connectivity index (χ4v) is 1.73. The van der Waals surface area contributed by atoms with Gasteiger partial charge in [0.15, 0.2) is 0 Å². The lowest BCUT2D eigenvalue weighted by Crippen LogP contribution is -2.33. The number of hydrogen-bond acceptors (Lipinski definition) is 4. The van der Waals surface area contributed by atoms with Crippen LogP contribution in [-0.4, -0.2) is 38.1 Å². The van der Waals surface area contributed by atoms with Crippen LogP contribution in [0.5, 0.6) is 0 Å². The molecule has 0 aromatic heterocycles. The first-order chi connectivity index (χ1) is 8.21. The molecule has 0 heterocycles. The van der Waals surface area contributed by atoms with Crippen molar-refractivity contribution in [1.29, 1.82) is 0 Å². The van der Waals surface area contributed by atoms with Crippen LogP contribution in [0.3, 0.4) is 0 Å². The topological polar surface area (TPSA) is 35.9 Å². The highest BCUT2D eigenvalue weighted by Gasteiger charge is 2.04. The zero-order chi connectivity index (χ0) is 12.7. The van der Waals surface area contributed by atoms with Gasteiger partial charge in [-0.3, -0.25) is 0 Å². The summed E-state index contributed by atoms with van der Waals surface area (Å²) in [6.45, 7) is 8.55. The van der Waals surface area contributed by atoms with E-state index < -0.39 is 0 Å². The maximum absolute atomic E-state index is 10.3. The van der Waals surface area contributed by atoms with Gasteiger partial charge in [0, 0.05) is 25.8 Å². The molecule has 4 heteroatoms. The van der Waals surface area contributed by atoms with Gasteiger partial charge in [-0.05, 0) is 42.5 Å². The van der Waals surface area contributed by atoms with Crippen molar-refractivity contribution in [3.8, 4) is 0 Å². The van der Waals surface area contributed by atoms with Crippen molar-refractivity contribution < 1.29 is 0 Å². The molecule has 0 saturated carbocycles. The smallest absolute Gasteiger partial charge is 0.108 e. The van der Waals surface area contributed by atoms with Gasteiger partial charge in [-0.15, -0.1) is 4.91 Å². The number of hydrogen-bond donors (Lipinski definition) is 0. The van der Waals surface area contributed by atoms with Crippen molar-refractivity contribution in [3.05, 3.63) is 29.2 Å². The molecule has 0 aliphatic carbocycles. The monoisotopic (exact) mass is 235 g/mol. The summed E-state index contributed by atoms with van der Waals surface area (Å²) in [7, 11) is 2.06. The Kier molecular flexibility index (Phi) is 5.63. The second-order valence-electron chi connectivity index (χ2n) is 4.06. The number of benzene rings is 1. The van der Waals surface area contributed by atoms with Gasteiger partial charge in [0.25, 0.3) is 0 Å². The van der Waals surface area contributed by atoms with Gasteiger partial charge >= 0.3 is 0 Å². The molecule has 0 aliphatic heterocycles. The van der Waals surface area contributed by atoms with E-state index in [2.05, 4.69) is 35.9 Å². The third-order valence-corrected chi connectivity index (χ3v) is 3.04. The number of nitroso groups, excluding NO2 is 1. The Bertz CT molecular complexity index is 333. The lowest BCUT2D eigenvalue weighted by Gasteiger charge is -2.24. The van der Waals surface area contributed by atoms with Crippen molar-refractivity contribution in [3.63, 3.8) is 0 Å². The van der Waals surface area contributed by atoms with Gasteiger partial charge in [-0.25, -0.2) is 0 Å². The van der Waals surface area contributed by atoms with Crippen LogP contribution in [0.2, 0.25) is 0 Å². The lowest BCUT2D eigenvalue weighted by atomic mass is 10.2. The van der Waals surface area contributed by atoms with E-state index in [-0.39, 0.29) is 0 Å². The van der Waals surface area contributed by atoms with E-state index in [1.54, 1.807) is 12.1 Å². The minimum Gasteiger partial charge on any atom is -0.373 e. The average Bonchev–Trinajstić information content (AvgIpc) is 2.39. The second kappa shape index (κ2) is 7.01. The van der Waals surface area contributed by atoms with Crippen molar-refractivity contribution in [2.24, 2.45) is 5.18 Å². The van der Waals surface area contributed by atoms with Gasteiger partial charge in [0.2, 0.25) is 0 Å². The molecule has 0 N–H and O–H groups in total. The summed E-state index contributed by atoms with van der Waals surface area (Å²) in [5, 5.41) is 2.89. The Labute approximate surface area is 103 Å². The molecule has 4 nitrogen and oxygen atoms in total. The summed E-state index contributed by atoms with van der Waals surface area (Å²) in [4.78, 5) is 14.9. The van der Waals surface area contributed by atoms with Crippen LogP contribution in [0.15, 0.2) is 29.4 Å². The summed E-state index contributed by atoms with van der Waals surface area (Å²) >= 11 is 0. The van der Waals surface area contributed by atoms with Gasteiger partial charge < -0.3 is 9.80 Å². The fraction of sp³-hybridized carbons (Fsp3) is 0.538. The molecular formula is C13H21N3O. The summed E-state index contributed by atoms with van der Waals surface area (Å²) in [6, 6.07) is 7.35. The number of likely N-dealkylation sites (N-methyl/N-ethyl adjacent to an activating group) is 2. The summed E-state index contributed by atoms with van der Waals surface area (Å²) in [6.07, 6.45) is 0. The lowest BCUT2D eigenvalue weighted by molar-refractivity contribution is 0.311. The molecule has 17 heavy (non-hydrogen) atoms. The molecule has 0 aliphatic rings. The molecule has 0 radical (unpaired) electrons. The van der Waals surface area contributed by atoms with Gasteiger partial charge in [-0.2, -0.15) is 0 Å². The first kappa shape index (κ1) is 13.6. The Morgan fingerprint density at radius 3 is 2.12 bits per heavy atom. The SMILES string of the molecule is CCN(CC)CCN(C)c1ccc(N=O)cc1. The zero-order valence-corrected chi connectivity index (χ0v) is 10.9. The largest absolute Gasteiger partial charge is 0.373 e. The fourth-order valence-electron chi connectivity index (χ4n) is 1.73. The highest BCUT2D eigenvalue weighted by molar-refractivity contribution is 5.52. The number of nitrogens with zero attached hydrogens (tertiary/aromatic N) is 3. The van der Waals surface area contributed by atoms with Gasteiger partial charge in [0.1, 0.15) is 5.69 Å². The van der Waals surface area contributed by atoms with Crippen LogP contribution in [0.1, 0.15) is 13.8 Å². The molecule has 0 bridgehead atoms. The van der Waals surface area contributed by atoms with E-state index in [1.807, 2.05) is 12.1 Å². The second-order valence-corrected chi connectivity index (χ2v) is 4.06. The van der Waals surface area contributed by atoms with E-state index in [9.17, 15) is 4.91 Å². The predicted octanol–water partition coefficient (Wildman–Crippen LogP) is 2.86. The molecule has 0 unspecified atom stereocenters. The van der Waals surface area contributed by atoms with E-state index in [0.717, 1.165) is 31.9 Å². The molecular weight excluding hydrogens is 214 g/mol. The maximum atomic E-state index is 10.3. The maximum Gasteiger partial charge on any atom is 0.108 e. The van der Waals surface area contributed by atoms with Crippen LogP contribution in [0.25, 0.3) is 0 Å². The third kappa shape index (κ3) is 4.15. The third-order valence-electron chi connectivity index (χ3n) is 3.04. The van der Waals surface area contributed by atoms with Crippen molar-refractivity contribution >= 4 is 11.4 Å². The highest BCUT2D eigenvalue weighted by atomic mass is 16.3. The van der Waals surface area contributed by atoms with Crippen LogP contribution in [0, 0.1) is 4.91 Å². The van der Waals surface area contributed by atoms with E-state index in [4.69, 9.17) is 0 Å². The molecule has 0 amide bonds. The molecule has 0 atom stereocenters. The van der Waals surface area contributed by atoms with Gasteiger partial charge in [-0.1, -0.05) is 13.8 Å². The van der Waals surface area contributed by atoms with Crippen LogP contribution >= 0.6 is 0 Å². The summed E-state index contributed by atoms with van der Waals surface area (Å²) in [5.41, 5.74) is 1.59. The zero-order valence-electron chi connectivity index (χ0n) is 10.9. The standard InChI is InChI=1S/C13H21N3O/c1-4-16(5-2)11-10-15(3)13-8-6-12(14-17)7-9-13/h6-9H,4-5,10-11H2,1-3H3. The molecule has 94 valence electrons. The van der Waals surface area contributed by atoms with Crippen LogP contribution < -0.4 is 4.90 Å². The molecule has 0 saturated heterocycles. The Balaban J connectivity index is 2.51. The van der Waals surface area contributed by atoms with Crippen molar-refractivity contribution in [2.75, 3.05) is 38.1 Å². The van der Waals surface area contributed by atoms with Crippen molar-refractivity contribution in [2.45, 2.75) is 13.8 Å². The Morgan fingerprint density at radius 2 is 1.65 bits per heavy atom. The molecule has 0 fully saturated rings. The predicted molar refractivity (Wildman–Crippen MR) is 73.0 cm³/mol. The summed E-state index contributed by atoms with van der Waals surface area (Å²) < 4.78 is 0. The minimum absolute atomic E-state index is 0.478. The minimum atomic E-state index is 0.478. The number of rotatable bonds is 7. The number of anilines is 1. The van der Waals surface area contributed by atoms with E-state index >= 15 is 0 Å². The highest BCUT2D eigenvalue weighted by Crippen LogP contribution is 2.18. The molecule has 1 rings (SSSR count). The molecule has 1 aromatic rings.